The molecular weight excluding hydrogens is 526 g/mol. The monoisotopic (exact) mass is 551 g/mol. The Morgan fingerprint density at radius 2 is 1.46 bits per heavy atom. The molecule has 5 aromatic rings. The molecule has 0 saturated heterocycles. The van der Waals surface area contributed by atoms with Crippen LogP contribution in [0.4, 0.5) is 0 Å². The van der Waals surface area contributed by atoms with E-state index in [0.717, 1.165) is 50.5 Å². The summed E-state index contributed by atoms with van der Waals surface area (Å²) in [6.45, 7) is 0.468. The molecule has 0 unspecified atom stereocenters. The van der Waals surface area contributed by atoms with Crippen LogP contribution in [-0.2, 0) is 21.4 Å². The van der Waals surface area contributed by atoms with Gasteiger partial charge in [0.1, 0.15) is 16.6 Å². The van der Waals surface area contributed by atoms with Crippen LogP contribution < -0.4 is 9.46 Å². The Morgan fingerprint density at radius 1 is 0.769 bits per heavy atom. The van der Waals surface area contributed by atoms with Crippen LogP contribution in [0.1, 0.15) is 11.1 Å². The number of amides is 1. The van der Waals surface area contributed by atoms with Gasteiger partial charge in [0.15, 0.2) is 0 Å². The third kappa shape index (κ3) is 6.52. The van der Waals surface area contributed by atoms with Gasteiger partial charge in [0.05, 0.1) is 0 Å². The molecule has 1 aromatic heterocycles. The number of rotatable bonds is 9. The van der Waals surface area contributed by atoms with E-state index in [4.69, 9.17) is 4.74 Å². The Hall–Kier alpha value is -4.46. The van der Waals surface area contributed by atoms with Crippen LogP contribution >= 0.6 is 11.3 Å². The highest BCUT2D eigenvalue weighted by atomic mass is 32.2. The fourth-order valence-electron chi connectivity index (χ4n) is 4.12. The quantitative estimate of drug-likeness (QED) is 0.197. The molecule has 4 aromatic carbocycles. The van der Waals surface area contributed by atoms with Crippen molar-refractivity contribution in [3.63, 3.8) is 0 Å². The number of sulfonamides is 1. The van der Waals surface area contributed by atoms with Crippen molar-refractivity contribution in [1.29, 1.82) is 0 Å². The SMILES string of the molecule is O=C(/C=C/c1ccccc1-c1cccc(-c2ccccc2OCc2ccccc2)c1)NS(=O)(=O)c1cccs1. The van der Waals surface area contributed by atoms with Gasteiger partial charge in [-0.05, 0) is 57.5 Å². The second-order valence-electron chi connectivity index (χ2n) is 8.67. The van der Waals surface area contributed by atoms with Gasteiger partial charge in [-0.3, -0.25) is 4.79 Å². The van der Waals surface area contributed by atoms with Gasteiger partial charge in [-0.1, -0.05) is 97.1 Å². The Bertz CT molecular complexity index is 1710. The number of benzene rings is 4. The van der Waals surface area contributed by atoms with E-state index in [0.29, 0.717) is 6.61 Å². The molecule has 0 aliphatic carbocycles. The van der Waals surface area contributed by atoms with E-state index < -0.39 is 15.9 Å². The van der Waals surface area contributed by atoms with Crippen LogP contribution in [0, 0.1) is 0 Å². The van der Waals surface area contributed by atoms with E-state index in [1.807, 2.05) is 97.1 Å². The molecule has 0 radical (unpaired) electrons. The molecular formula is C32H25NO4S2. The Kier molecular flexibility index (Phi) is 8.01. The summed E-state index contributed by atoms with van der Waals surface area (Å²) in [5.74, 6) is 0.0757. The van der Waals surface area contributed by atoms with Gasteiger partial charge in [0, 0.05) is 11.6 Å². The molecule has 1 N–H and O–H groups in total. The van der Waals surface area contributed by atoms with Crippen LogP contribution in [0.15, 0.2) is 131 Å². The number of carbonyl (C=O) groups excluding carboxylic acids is 1. The Balaban J connectivity index is 1.38. The first-order chi connectivity index (χ1) is 19.0. The molecule has 0 fully saturated rings. The standard InChI is InChI=1S/C32H25NO4S2/c34-31(33-39(35,36)32-18-9-21-38-32)20-19-25-12-4-5-15-28(25)26-13-8-14-27(22-26)29-16-6-7-17-30(29)37-23-24-10-2-1-3-11-24/h1-22H,23H2,(H,33,34)/b20-19+. The Labute approximate surface area is 232 Å². The first-order valence-electron chi connectivity index (χ1n) is 12.2. The summed E-state index contributed by atoms with van der Waals surface area (Å²) in [6.07, 6.45) is 2.86. The number of carbonyl (C=O) groups is 1. The van der Waals surface area contributed by atoms with Crippen molar-refractivity contribution >= 4 is 33.3 Å². The predicted octanol–water partition coefficient (Wildman–Crippen LogP) is 7.18. The van der Waals surface area contributed by atoms with Gasteiger partial charge in [0.25, 0.3) is 15.9 Å². The van der Waals surface area contributed by atoms with Crippen LogP contribution in [-0.4, -0.2) is 14.3 Å². The highest BCUT2D eigenvalue weighted by Gasteiger charge is 2.17. The molecule has 0 spiro atoms. The zero-order chi connectivity index (χ0) is 27.1. The predicted molar refractivity (Wildman–Crippen MR) is 157 cm³/mol. The molecule has 7 heteroatoms. The Morgan fingerprint density at radius 3 is 2.23 bits per heavy atom. The smallest absolute Gasteiger partial charge is 0.273 e. The molecule has 194 valence electrons. The summed E-state index contributed by atoms with van der Waals surface area (Å²) in [5, 5.41) is 1.65. The van der Waals surface area contributed by atoms with Crippen LogP contribution in [0.3, 0.4) is 0 Å². The fourth-order valence-corrected chi connectivity index (χ4v) is 6.06. The summed E-state index contributed by atoms with van der Waals surface area (Å²) >= 11 is 1.05. The number of para-hydroxylation sites is 1. The zero-order valence-electron chi connectivity index (χ0n) is 20.9. The lowest BCUT2D eigenvalue weighted by Gasteiger charge is -2.13. The molecule has 0 saturated carbocycles. The largest absolute Gasteiger partial charge is 0.488 e. The maximum absolute atomic E-state index is 12.4. The highest BCUT2D eigenvalue weighted by Crippen LogP contribution is 2.34. The van der Waals surface area contributed by atoms with Crippen molar-refractivity contribution < 1.29 is 17.9 Å². The molecule has 1 heterocycles. The minimum atomic E-state index is -3.89. The molecule has 0 aliphatic rings. The fraction of sp³-hybridized carbons (Fsp3) is 0.0312. The van der Waals surface area contributed by atoms with E-state index in [1.54, 1.807) is 17.5 Å². The maximum Gasteiger partial charge on any atom is 0.273 e. The summed E-state index contributed by atoms with van der Waals surface area (Å²) in [5.41, 5.74) is 5.71. The number of ether oxygens (including phenoxy) is 1. The van der Waals surface area contributed by atoms with Crippen LogP contribution in [0.25, 0.3) is 28.3 Å². The van der Waals surface area contributed by atoms with Crippen LogP contribution in [0.2, 0.25) is 0 Å². The van der Waals surface area contributed by atoms with Crippen molar-refractivity contribution in [3.8, 4) is 28.0 Å². The first kappa shape index (κ1) is 26.2. The average Bonchev–Trinajstić information content (AvgIpc) is 3.52. The lowest BCUT2D eigenvalue weighted by molar-refractivity contribution is -0.114. The molecule has 1 amide bonds. The maximum atomic E-state index is 12.4. The van der Waals surface area contributed by atoms with E-state index in [9.17, 15) is 13.2 Å². The zero-order valence-corrected chi connectivity index (χ0v) is 22.5. The van der Waals surface area contributed by atoms with Crippen LogP contribution in [0.5, 0.6) is 5.75 Å². The van der Waals surface area contributed by atoms with Crippen molar-refractivity contribution in [3.05, 3.63) is 138 Å². The van der Waals surface area contributed by atoms with Crippen molar-refractivity contribution in [1.82, 2.24) is 4.72 Å². The summed E-state index contributed by atoms with van der Waals surface area (Å²) in [6, 6.07) is 36.8. The van der Waals surface area contributed by atoms with E-state index in [1.165, 1.54) is 12.1 Å². The van der Waals surface area contributed by atoms with Gasteiger partial charge in [-0.2, -0.15) is 0 Å². The number of nitrogens with one attached hydrogen (secondary N) is 1. The topological polar surface area (TPSA) is 72.5 Å². The van der Waals surface area contributed by atoms with Gasteiger partial charge in [-0.15, -0.1) is 11.3 Å². The van der Waals surface area contributed by atoms with E-state index in [2.05, 4.69) is 10.8 Å². The highest BCUT2D eigenvalue weighted by molar-refractivity contribution is 7.92. The summed E-state index contributed by atoms with van der Waals surface area (Å²) < 4.78 is 33.1. The van der Waals surface area contributed by atoms with E-state index in [-0.39, 0.29) is 4.21 Å². The number of hydrogen-bond donors (Lipinski definition) is 1. The van der Waals surface area contributed by atoms with Gasteiger partial charge >= 0.3 is 0 Å². The third-order valence-electron chi connectivity index (χ3n) is 5.98. The number of thiophene rings is 1. The first-order valence-corrected chi connectivity index (χ1v) is 14.6. The normalized spacial score (nSPS) is 11.4. The van der Waals surface area contributed by atoms with Gasteiger partial charge in [0.2, 0.25) is 0 Å². The second kappa shape index (κ2) is 11.9. The minimum Gasteiger partial charge on any atom is -0.488 e. The molecule has 0 aliphatic heterocycles. The molecule has 0 atom stereocenters. The summed E-state index contributed by atoms with van der Waals surface area (Å²) in [4.78, 5) is 12.4. The molecule has 5 nitrogen and oxygen atoms in total. The van der Waals surface area contributed by atoms with Crippen molar-refractivity contribution in [2.45, 2.75) is 10.8 Å². The lowest BCUT2D eigenvalue weighted by atomic mass is 9.95. The van der Waals surface area contributed by atoms with Crippen molar-refractivity contribution in [2.24, 2.45) is 0 Å². The lowest BCUT2D eigenvalue weighted by Crippen LogP contribution is -2.28. The summed E-state index contributed by atoms with van der Waals surface area (Å²) in [7, 11) is -3.89. The van der Waals surface area contributed by atoms with E-state index >= 15 is 0 Å². The van der Waals surface area contributed by atoms with Gasteiger partial charge in [-0.25, -0.2) is 13.1 Å². The molecule has 5 rings (SSSR count). The third-order valence-corrected chi connectivity index (χ3v) is 8.72. The molecule has 0 bridgehead atoms. The van der Waals surface area contributed by atoms with Gasteiger partial charge < -0.3 is 4.74 Å². The number of hydrogen-bond acceptors (Lipinski definition) is 5. The average molecular weight is 552 g/mol. The second-order valence-corrected chi connectivity index (χ2v) is 11.5. The molecule has 39 heavy (non-hydrogen) atoms. The van der Waals surface area contributed by atoms with Crippen molar-refractivity contribution in [2.75, 3.05) is 0 Å². The minimum absolute atomic E-state index is 0.0921.